The Labute approximate surface area is 170 Å². The zero-order valence-electron chi connectivity index (χ0n) is 16.1. The van der Waals surface area contributed by atoms with Crippen molar-refractivity contribution in [2.45, 2.75) is 31.4 Å². The van der Waals surface area contributed by atoms with E-state index in [2.05, 4.69) is 20.1 Å². The maximum absolute atomic E-state index is 14.6. The molecule has 2 aromatic carbocycles. The minimum Gasteiger partial charge on any atom is -0.383 e. The number of nitrogens with zero attached hydrogens (tertiary/aromatic N) is 4. The third kappa shape index (κ3) is 3.71. The Hall–Kier alpha value is -3.46. The Balaban J connectivity index is 1.77. The molecule has 2 N–H and O–H groups in total. The molecule has 0 saturated heterocycles. The zero-order chi connectivity index (χ0) is 21.3. The lowest BCUT2D eigenvalue weighted by Crippen LogP contribution is -2.34. The number of halogens is 2. The number of nitrogens with one attached hydrogen (secondary N) is 1. The lowest BCUT2D eigenvalue weighted by Gasteiger charge is -2.32. The van der Waals surface area contributed by atoms with Gasteiger partial charge in [-0.2, -0.15) is 5.10 Å². The Morgan fingerprint density at radius 3 is 2.83 bits per heavy atom. The predicted octanol–water partition coefficient (Wildman–Crippen LogP) is 2.87. The molecule has 7 nitrogen and oxygen atoms in total. The first-order chi connectivity index (χ1) is 14.4. The van der Waals surface area contributed by atoms with Crippen LogP contribution < -0.4 is 5.56 Å². The molecule has 2 atom stereocenters. The van der Waals surface area contributed by atoms with Gasteiger partial charge in [-0.25, -0.2) is 23.4 Å². The van der Waals surface area contributed by atoms with E-state index in [0.29, 0.717) is 10.9 Å². The normalized spacial score (nSPS) is 14.5. The van der Waals surface area contributed by atoms with Gasteiger partial charge in [0.15, 0.2) is 0 Å². The number of benzene rings is 2. The van der Waals surface area contributed by atoms with E-state index in [1.807, 2.05) is 13.0 Å². The molecule has 2 unspecified atom stereocenters. The molecule has 4 aromatic rings. The largest absolute Gasteiger partial charge is 0.383 e. The average Bonchev–Trinajstić information content (AvgIpc) is 3.20. The van der Waals surface area contributed by atoms with Gasteiger partial charge in [0.1, 0.15) is 29.9 Å². The van der Waals surface area contributed by atoms with Crippen LogP contribution in [0.5, 0.6) is 0 Å². The highest BCUT2D eigenvalue weighted by Gasteiger charge is 2.36. The van der Waals surface area contributed by atoms with Crippen LogP contribution in [0.25, 0.3) is 10.9 Å². The van der Waals surface area contributed by atoms with Crippen molar-refractivity contribution in [3.63, 3.8) is 0 Å². The van der Waals surface area contributed by atoms with Crippen LogP contribution in [0.15, 0.2) is 60.2 Å². The highest BCUT2D eigenvalue weighted by molar-refractivity contribution is 5.81. The van der Waals surface area contributed by atoms with E-state index in [9.17, 15) is 18.7 Å². The van der Waals surface area contributed by atoms with Crippen LogP contribution in [-0.4, -0.2) is 29.8 Å². The number of para-hydroxylation sites is 1. The van der Waals surface area contributed by atoms with Gasteiger partial charge in [-0.3, -0.25) is 4.79 Å². The standard InChI is InChI=1S/C21H19F2N5O2/c1-13(15-3-2-4-16-19(15)25-11-26-20(16)29)8-21(30,9-28-12-24-10-27-28)17-6-5-14(22)7-18(17)23/h2-7,10-13,30H,8-9H2,1H3,(H,25,26,29). The molecular weight excluding hydrogens is 392 g/mol. The van der Waals surface area contributed by atoms with Crippen LogP contribution in [0.3, 0.4) is 0 Å². The van der Waals surface area contributed by atoms with Gasteiger partial charge in [0.2, 0.25) is 0 Å². The molecule has 0 bridgehead atoms. The molecule has 0 aliphatic heterocycles. The summed E-state index contributed by atoms with van der Waals surface area (Å²) in [5, 5.41) is 16.0. The first-order valence-electron chi connectivity index (χ1n) is 9.34. The number of H-pyrrole nitrogens is 1. The van der Waals surface area contributed by atoms with Crippen LogP contribution in [0, 0.1) is 11.6 Å². The molecule has 0 aliphatic carbocycles. The topological polar surface area (TPSA) is 96.7 Å². The van der Waals surface area contributed by atoms with E-state index in [-0.39, 0.29) is 30.0 Å². The number of fused-ring (bicyclic) bond motifs is 1. The molecular formula is C21H19F2N5O2. The fraction of sp³-hybridized carbons (Fsp3) is 0.238. The van der Waals surface area contributed by atoms with Crippen molar-refractivity contribution in [3.8, 4) is 0 Å². The molecule has 2 heterocycles. The van der Waals surface area contributed by atoms with Gasteiger partial charge in [0.25, 0.3) is 5.56 Å². The fourth-order valence-electron chi connectivity index (χ4n) is 3.84. The molecule has 0 aliphatic rings. The molecule has 0 radical (unpaired) electrons. The molecule has 9 heteroatoms. The van der Waals surface area contributed by atoms with Crippen molar-refractivity contribution in [1.29, 1.82) is 0 Å². The van der Waals surface area contributed by atoms with Crippen LogP contribution in [0.1, 0.15) is 30.4 Å². The van der Waals surface area contributed by atoms with E-state index in [4.69, 9.17) is 0 Å². The maximum Gasteiger partial charge on any atom is 0.258 e. The Morgan fingerprint density at radius 1 is 1.27 bits per heavy atom. The number of hydrogen-bond donors (Lipinski definition) is 2. The van der Waals surface area contributed by atoms with Crippen molar-refractivity contribution in [2.24, 2.45) is 0 Å². The van der Waals surface area contributed by atoms with Gasteiger partial charge >= 0.3 is 0 Å². The number of aromatic nitrogens is 5. The van der Waals surface area contributed by atoms with Gasteiger partial charge < -0.3 is 10.1 Å². The summed E-state index contributed by atoms with van der Waals surface area (Å²) in [6.45, 7) is 1.77. The van der Waals surface area contributed by atoms with E-state index >= 15 is 0 Å². The van der Waals surface area contributed by atoms with Gasteiger partial charge in [0.05, 0.1) is 23.8 Å². The summed E-state index contributed by atoms with van der Waals surface area (Å²) in [5.41, 5.74) is -0.780. The molecule has 0 amide bonds. The molecule has 0 saturated carbocycles. The monoisotopic (exact) mass is 411 g/mol. The molecule has 0 fully saturated rings. The number of rotatable bonds is 6. The van der Waals surface area contributed by atoms with Crippen molar-refractivity contribution in [1.82, 2.24) is 24.7 Å². The smallest absolute Gasteiger partial charge is 0.258 e. The van der Waals surface area contributed by atoms with Crippen LogP contribution in [-0.2, 0) is 12.1 Å². The minimum atomic E-state index is -1.71. The Morgan fingerprint density at radius 2 is 2.10 bits per heavy atom. The van der Waals surface area contributed by atoms with Crippen molar-refractivity contribution in [3.05, 3.63) is 88.5 Å². The summed E-state index contributed by atoms with van der Waals surface area (Å²) >= 11 is 0. The second-order valence-electron chi connectivity index (χ2n) is 7.33. The second-order valence-corrected chi connectivity index (χ2v) is 7.33. The number of hydrogen-bond acceptors (Lipinski definition) is 5. The highest BCUT2D eigenvalue weighted by atomic mass is 19.1. The quantitative estimate of drug-likeness (QED) is 0.509. The lowest BCUT2D eigenvalue weighted by atomic mass is 9.81. The Bertz CT molecular complexity index is 1240. The SMILES string of the molecule is CC(CC(O)(Cn1cncn1)c1ccc(F)cc1F)c1cccc2c(=O)[nH]cnc12. The second kappa shape index (κ2) is 7.75. The van der Waals surface area contributed by atoms with Gasteiger partial charge in [-0.15, -0.1) is 0 Å². The average molecular weight is 411 g/mol. The Kier molecular flexibility index (Phi) is 5.13. The van der Waals surface area contributed by atoms with Crippen molar-refractivity contribution >= 4 is 10.9 Å². The van der Waals surface area contributed by atoms with Gasteiger partial charge in [-0.05, 0) is 30.0 Å². The molecule has 30 heavy (non-hydrogen) atoms. The van der Waals surface area contributed by atoms with E-state index in [0.717, 1.165) is 17.7 Å². The molecule has 154 valence electrons. The maximum atomic E-state index is 14.6. The van der Waals surface area contributed by atoms with Gasteiger partial charge in [-0.1, -0.05) is 25.1 Å². The summed E-state index contributed by atoms with van der Waals surface area (Å²) in [6, 6.07) is 8.30. The van der Waals surface area contributed by atoms with Crippen LogP contribution >= 0.6 is 0 Å². The summed E-state index contributed by atoms with van der Waals surface area (Å²) in [4.78, 5) is 22.8. The predicted molar refractivity (Wildman–Crippen MR) is 106 cm³/mol. The minimum absolute atomic E-state index is 0.0442. The molecule has 4 rings (SSSR count). The molecule has 2 aromatic heterocycles. The van der Waals surface area contributed by atoms with Gasteiger partial charge in [0, 0.05) is 11.6 Å². The first-order valence-corrected chi connectivity index (χ1v) is 9.34. The third-order valence-electron chi connectivity index (χ3n) is 5.20. The van der Waals surface area contributed by atoms with Crippen LogP contribution in [0.4, 0.5) is 8.78 Å². The van der Waals surface area contributed by atoms with E-state index in [1.54, 1.807) is 12.1 Å². The summed E-state index contributed by atoms with van der Waals surface area (Å²) in [5.74, 6) is -1.90. The summed E-state index contributed by atoms with van der Waals surface area (Å²) < 4.78 is 29.5. The number of aromatic amines is 1. The van der Waals surface area contributed by atoms with E-state index < -0.39 is 17.2 Å². The first kappa shape index (κ1) is 19.8. The molecule has 0 spiro atoms. The highest BCUT2D eigenvalue weighted by Crippen LogP contribution is 2.37. The fourth-order valence-corrected chi connectivity index (χ4v) is 3.84. The third-order valence-corrected chi connectivity index (χ3v) is 5.20. The number of aliphatic hydroxyl groups is 1. The van der Waals surface area contributed by atoms with Crippen LogP contribution in [0.2, 0.25) is 0 Å². The summed E-state index contributed by atoms with van der Waals surface area (Å²) in [7, 11) is 0. The lowest BCUT2D eigenvalue weighted by molar-refractivity contribution is -0.00229. The summed E-state index contributed by atoms with van der Waals surface area (Å²) in [6.07, 6.45) is 4.12. The van der Waals surface area contributed by atoms with E-state index in [1.165, 1.54) is 29.7 Å². The van der Waals surface area contributed by atoms with Crippen molar-refractivity contribution in [2.75, 3.05) is 0 Å². The zero-order valence-corrected chi connectivity index (χ0v) is 16.1. The van der Waals surface area contributed by atoms with Crippen molar-refractivity contribution < 1.29 is 13.9 Å².